The number of hydrogen-bond donors (Lipinski definition) is 1. The quantitative estimate of drug-likeness (QED) is 0.469. The Morgan fingerprint density at radius 2 is 2.00 bits per heavy atom. The van der Waals surface area contributed by atoms with Gasteiger partial charge in [0.15, 0.2) is 0 Å². The molecule has 4 aliphatic carbocycles. The first-order valence-electron chi connectivity index (χ1n) is 10.5. The van der Waals surface area contributed by atoms with Crippen LogP contribution in [0, 0.1) is 34.5 Å². The topological polar surface area (TPSA) is 64.7 Å². The number of fused-ring (bicyclic) bond motifs is 5. The van der Waals surface area contributed by atoms with E-state index >= 15 is 0 Å². The van der Waals surface area contributed by atoms with Gasteiger partial charge in [0, 0.05) is 18.4 Å². The molecule has 4 aliphatic rings. The van der Waals surface area contributed by atoms with Crippen molar-refractivity contribution in [3.8, 4) is 0 Å². The SMILES string of the molecule is C=C1CC2C(CC[C@]3(C)C(=O)CCC23)[C@@]2(C)CCC(=NOCCN)CC12. The third-order valence-electron chi connectivity index (χ3n) is 8.57. The first-order valence-corrected chi connectivity index (χ1v) is 10.5. The number of allylic oxidation sites excluding steroid dienone is 1. The van der Waals surface area contributed by atoms with E-state index in [2.05, 4.69) is 25.6 Å². The van der Waals surface area contributed by atoms with E-state index in [0.717, 1.165) is 44.4 Å². The molecule has 4 fully saturated rings. The van der Waals surface area contributed by atoms with Crippen LogP contribution >= 0.6 is 0 Å². The number of Topliss-reactive ketones (excluding diaryl/α,β-unsaturated/α-hetero) is 1. The van der Waals surface area contributed by atoms with Crippen LogP contribution in [0.15, 0.2) is 17.3 Å². The summed E-state index contributed by atoms with van der Waals surface area (Å²) in [5, 5.41) is 4.36. The lowest BCUT2D eigenvalue weighted by Gasteiger charge is -2.60. The highest BCUT2D eigenvalue weighted by atomic mass is 16.6. The van der Waals surface area contributed by atoms with Crippen LogP contribution in [-0.2, 0) is 9.63 Å². The average molecular weight is 359 g/mol. The van der Waals surface area contributed by atoms with Crippen molar-refractivity contribution < 1.29 is 9.63 Å². The summed E-state index contributed by atoms with van der Waals surface area (Å²) in [5.41, 5.74) is 8.32. The van der Waals surface area contributed by atoms with Crippen molar-refractivity contribution in [2.75, 3.05) is 13.2 Å². The van der Waals surface area contributed by atoms with Crippen LogP contribution in [0.3, 0.4) is 0 Å². The number of nitrogens with zero attached hydrogens (tertiary/aromatic N) is 1. The first kappa shape index (κ1) is 18.2. The molecule has 0 radical (unpaired) electrons. The summed E-state index contributed by atoms with van der Waals surface area (Å²) in [6, 6.07) is 0. The largest absolute Gasteiger partial charge is 0.395 e. The van der Waals surface area contributed by atoms with Crippen molar-refractivity contribution in [2.45, 2.75) is 65.2 Å². The summed E-state index contributed by atoms with van der Waals surface area (Å²) in [4.78, 5) is 17.9. The van der Waals surface area contributed by atoms with Gasteiger partial charge in [-0.2, -0.15) is 0 Å². The minimum Gasteiger partial charge on any atom is -0.395 e. The zero-order valence-electron chi connectivity index (χ0n) is 16.4. The highest BCUT2D eigenvalue weighted by Gasteiger charge is 2.60. The van der Waals surface area contributed by atoms with Crippen LogP contribution in [0.25, 0.3) is 0 Å². The molecule has 0 aromatic rings. The van der Waals surface area contributed by atoms with E-state index < -0.39 is 0 Å². The Labute approximate surface area is 157 Å². The van der Waals surface area contributed by atoms with E-state index in [9.17, 15) is 4.79 Å². The van der Waals surface area contributed by atoms with Gasteiger partial charge in [-0.1, -0.05) is 31.2 Å². The second-order valence-electron chi connectivity index (χ2n) is 9.70. The second-order valence-corrected chi connectivity index (χ2v) is 9.70. The van der Waals surface area contributed by atoms with Crippen LogP contribution in [0.4, 0.5) is 0 Å². The van der Waals surface area contributed by atoms with Gasteiger partial charge >= 0.3 is 0 Å². The molecule has 0 spiro atoms. The Kier molecular flexibility index (Phi) is 4.53. The van der Waals surface area contributed by atoms with Gasteiger partial charge in [0.05, 0.1) is 5.71 Å². The van der Waals surface area contributed by atoms with Gasteiger partial charge < -0.3 is 10.6 Å². The number of carbonyl (C=O) groups is 1. The van der Waals surface area contributed by atoms with E-state index in [1.807, 2.05) is 0 Å². The molecular formula is C22H34N2O2. The normalized spacial score (nSPS) is 46.7. The molecule has 4 saturated carbocycles. The van der Waals surface area contributed by atoms with E-state index in [1.165, 1.54) is 24.1 Å². The lowest BCUT2D eigenvalue weighted by atomic mass is 9.44. The Bertz CT molecular complexity index is 642. The maximum atomic E-state index is 12.6. The third-order valence-corrected chi connectivity index (χ3v) is 8.57. The predicted molar refractivity (Wildman–Crippen MR) is 104 cm³/mol. The van der Waals surface area contributed by atoms with Crippen LogP contribution < -0.4 is 5.73 Å². The molecule has 0 saturated heterocycles. The number of rotatable bonds is 3. The average Bonchev–Trinajstić information content (AvgIpc) is 2.92. The smallest absolute Gasteiger partial charge is 0.139 e. The fourth-order valence-corrected chi connectivity index (χ4v) is 7.09. The molecule has 0 aromatic carbocycles. The van der Waals surface area contributed by atoms with Gasteiger partial charge in [0.1, 0.15) is 12.4 Å². The summed E-state index contributed by atoms with van der Waals surface area (Å²) in [5.74, 6) is 2.99. The molecule has 0 bridgehead atoms. The molecule has 26 heavy (non-hydrogen) atoms. The van der Waals surface area contributed by atoms with Crippen LogP contribution in [-0.4, -0.2) is 24.6 Å². The van der Waals surface area contributed by atoms with Crippen molar-refractivity contribution in [1.82, 2.24) is 0 Å². The summed E-state index contributed by atoms with van der Waals surface area (Å²) >= 11 is 0. The van der Waals surface area contributed by atoms with Crippen molar-refractivity contribution in [2.24, 2.45) is 45.4 Å². The molecular weight excluding hydrogens is 324 g/mol. The molecule has 2 N–H and O–H groups in total. The lowest BCUT2D eigenvalue weighted by Crippen LogP contribution is -2.54. The first-order chi connectivity index (χ1) is 12.4. The van der Waals surface area contributed by atoms with Gasteiger partial charge in [0.2, 0.25) is 0 Å². The summed E-state index contributed by atoms with van der Waals surface area (Å²) in [7, 11) is 0. The molecule has 4 unspecified atom stereocenters. The maximum absolute atomic E-state index is 12.6. The molecule has 0 aliphatic heterocycles. The number of carbonyl (C=O) groups excluding carboxylic acids is 1. The fourth-order valence-electron chi connectivity index (χ4n) is 7.09. The van der Waals surface area contributed by atoms with Crippen molar-refractivity contribution in [3.05, 3.63) is 12.2 Å². The molecule has 6 atom stereocenters. The van der Waals surface area contributed by atoms with Crippen LogP contribution in [0.5, 0.6) is 0 Å². The minimum absolute atomic E-state index is 0.0536. The van der Waals surface area contributed by atoms with Gasteiger partial charge in [-0.05, 0) is 74.0 Å². The Morgan fingerprint density at radius 1 is 1.19 bits per heavy atom. The lowest BCUT2D eigenvalue weighted by molar-refractivity contribution is -0.134. The molecule has 0 aromatic heterocycles. The van der Waals surface area contributed by atoms with Gasteiger partial charge in [0.25, 0.3) is 0 Å². The molecule has 144 valence electrons. The zero-order chi connectivity index (χ0) is 18.5. The zero-order valence-corrected chi connectivity index (χ0v) is 16.4. The molecule has 4 nitrogen and oxygen atoms in total. The van der Waals surface area contributed by atoms with Crippen molar-refractivity contribution in [3.63, 3.8) is 0 Å². The second kappa shape index (κ2) is 6.47. The van der Waals surface area contributed by atoms with Crippen LogP contribution in [0.2, 0.25) is 0 Å². The monoisotopic (exact) mass is 358 g/mol. The van der Waals surface area contributed by atoms with E-state index in [-0.39, 0.29) is 5.41 Å². The minimum atomic E-state index is -0.0536. The standard InChI is InChI=1S/C22H34N2O2/c1-14-12-16-17-4-5-20(25)22(17,3)9-7-18(16)21(2)8-6-15(13-19(14)21)24-26-11-10-23/h16-19H,1,4-13,23H2,2-3H3/t16?,17?,18?,19?,21-,22+/m1/s1. The van der Waals surface area contributed by atoms with E-state index in [1.54, 1.807) is 0 Å². The number of hydrogen-bond acceptors (Lipinski definition) is 4. The Morgan fingerprint density at radius 3 is 2.77 bits per heavy atom. The molecule has 4 rings (SSSR count). The highest BCUT2D eigenvalue weighted by molar-refractivity contribution is 5.87. The number of oxime groups is 1. The Hall–Kier alpha value is -1.16. The van der Waals surface area contributed by atoms with Crippen molar-refractivity contribution >= 4 is 11.5 Å². The third kappa shape index (κ3) is 2.59. The maximum Gasteiger partial charge on any atom is 0.139 e. The van der Waals surface area contributed by atoms with Gasteiger partial charge in [-0.25, -0.2) is 0 Å². The predicted octanol–water partition coefficient (Wildman–Crippen LogP) is 4.10. The van der Waals surface area contributed by atoms with Crippen LogP contribution in [0.1, 0.15) is 65.2 Å². The number of nitrogens with two attached hydrogens (primary N) is 1. The summed E-state index contributed by atoms with van der Waals surface area (Å²) in [6.07, 6.45) is 8.48. The van der Waals surface area contributed by atoms with Gasteiger partial charge in [-0.3, -0.25) is 4.79 Å². The van der Waals surface area contributed by atoms with Crippen molar-refractivity contribution in [1.29, 1.82) is 0 Å². The van der Waals surface area contributed by atoms with E-state index in [4.69, 9.17) is 10.6 Å². The fraction of sp³-hybridized carbons (Fsp3) is 0.818. The molecule has 4 heteroatoms. The molecule has 0 amide bonds. The number of ketones is 1. The van der Waals surface area contributed by atoms with Gasteiger partial charge in [-0.15, -0.1) is 0 Å². The summed E-state index contributed by atoms with van der Waals surface area (Å²) < 4.78 is 0. The molecule has 0 heterocycles. The summed E-state index contributed by atoms with van der Waals surface area (Å²) in [6.45, 7) is 10.3. The highest BCUT2D eigenvalue weighted by Crippen LogP contribution is 2.66. The Balaban J connectivity index is 1.57. The van der Waals surface area contributed by atoms with E-state index in [0.29, 0.717) is 42.1 Å².